The van der Waals surface area contributed by atoms with Crippen molar-refractivity contribution in [2.45, 2.75) is 6.92 Å². The molecule has 1 atom stereocenters. The van der Waals surface area contributed by atoms with E-state index in [-0.39, 0.29) is 17.7 Å². The van der Waals surface area contributed by atoms with Crippen LogP contribution < -0.4 is 11.1 Å². The molecule has 6 heteroatoms. The molecule has 0 aliphatic carbocycles. The molecule has 5 nitrogen and oxygen atoms in total. The molecule has 19 heavy (non-hydrogen) atoms. The van der Waals surface area contributed by atoms with E-state index in [2.05, 4.69) is 5.32 Å². The zero-order valence-corrected chi connectivity index (χ0v) is 12.0. The van der Waals surface area contributed by atoms with Crippen molar-refractivity contribution in [1.82, 2.24) is 10.2 Å². The van der Waals surface area contributed by atoms with Gasteiger partial charge < -0.3 is 16.0 Å². The fraction of sp³-hybridized carbons (Fsp3) is 0.385. The third-order valence-corrected chi connectivity index (χ3v) is 3.16. The van der Waals surface area contributed by atoms with Gasteiger partial charge in [-0.15, -0.1) is 0 Å². The van der Waals surface area contributed by atoms with Crippen LogP contribution in [0.4, 0.5) is 5.69 Å². The van der Waals surface area contributed by atoms with Crippen molar-refractivity contribution in [3.05, 3.63) is 28.8 Å². The molecule has 1 aromatic rings. The average molecular weight is 284 g/mol. The Morgan fingerprint density at radius 3 is 2.63 bits per heavy atom. The first-order valence-electron chi connectivity index (χ1n) is 5.89. The lowest BCUT2D eigenvalue weighted by Gasteiger charge is -2.21. The summed E-state index contributed by atoms with van der Waals surface area (Å²) in [7, 11) is 3.21. The largest absolute Gasteiger partial charge is 0.398 e. The highest BCUT2D eigenvalue weighted by Gasteiger charge is 2.18. The predicted molar refractivity (Wildman–Crippen MR) is 76.1 cm³/mol. The molecule has 3 N–H and O–H groups in total. The quantitative estimate of drug-likeness (QED) is 0.820. The molecule has 1 aromatic carbocycles. The molecule has 0 aliphatic rings. The lowest BCUT2D eigenvalue weighted by atomic mass is 10.1. The average Bonchev–Trinajstić information content (AvgIpc) is 2.39. The summed E-state index contributed by atoms with van der Waals surface area (Å²) in [5, 5.41) is 2.90. The Kier molecular flexibility index (Phi) is 5.18. The van der Waals surface area contributed by atoms with Crippen molar-refractivity contribution in [3.8, 4) is 0 Å². The van der Waals surface area contributed by atoms with Gasteiger partial charge in [0.05, 0.1) is 16.6 Å². The second-order valence-electron chi connectivity index (χ2n) is 4.44. The molecule has 1 unspecified atom stereocenters. The van der Waals surface area contributed by atoms with Crippen LogP contribution in [-0.2, 0) is 4.79 Å². The van der Waals surface area contributed by atoms with Crippen LogP contribution in [0.1, 0.15) is 17.3 Å². The van der Waals surface area contributed by atoms with Gasteiger partial charge in [0.15, 0.2) is 0 Å². The van der Waals surface area contributed by atoms with E-state index >= 15 is 0 Å². The first-order valence-corrected chi connectivity index (χ1v) is 6.26. The van der Waals surface area contributed by atoms with Gasteiger partial charge in [-0.2, -0.15) is 0 Å². The van der Waals surface area contributed by atoms with Crippen LogP contribution in [0.2, 0.25) is 5.02 Å². The lowest BCUT2D eigenvalue weighted by Crippen LogP contribution is -2.37. The Labute approximate surface area is 117 Å². The summed E-state index contributed by atoms with van der Waals surface area (Å²) < 4.78 is 0. The zero-order valence-electron chi connectivity index (χ0n) is 11.2. The van der Waals surface area contributed by atoms with Crippen LogP contribution in [0.5, 0.6) is 0 Å². The van der Waals surface area contributed by atoms with Gasteiger partial charge in [0.2, 0.25) is 5.91 Å². The first kappa shape index (κ1) is 15.3. The van der Waals surface area contributed by atoms with E-state index in [0.29, 0.717) is 22.8 Å². The van der Waals surface area contributed by atoms with Crippen LogP contribution in [0.25, 0.3) is 0 Å². The molecule has 0 aromatic heterocycles. The number of hydrogen-bond donors (Lipinski definition) is 2. The molecule has 0 saturated carbocycles. The van der Waals surface area contributed by atoms with E-state index in [1.54, 1.807) is 33.2 Å². The number of carbonyl (C=O) groups is 2. The van der Waals surface area contributed by atoms with E-state index in [9.17, 15) is 9.59 Å². The molecular weight excluding hydrogens is 266 g/mol. The normalized spacial score (nSPS) is 11.8. The number of anilines is 1. The van der Waals surface area contributed by atoms with Gasteiger partial charge >= 0.3 is 0 Å². The Balaban J connectivity index is 2.76. The molecular formula is C13H18ClN3O2. The highest BCUT2D eigenvalue weighted by molar-refractivity contribution is 6.33. The minimum absolute atomic E-state index is 0.102. The van der Waals surface area contributed by atoms with Crippen LogP contribution in [0, 0.1) is 5.92 Å². The van der Waals surface area contributed by atoms with Crippen molar-refractivity contribution in [2.75, 3.05) is 26.4 Å². The second-order valence-corrected chi connectivity index (χ2v) is 4.84. The van der Waals surface area contributed by atoms with Gasteiger partial charge in [-0.1, -0.05) is 18.5 Å². The van der Waals surface area contributed by atoms with Gasteiger partial charge in [-0.25, -0.2) is 0 Å². The van der Waals surface area contributed by atoms with Gasteiger partial charge in [0, 0.05) is 26.2 Å². The summed E-state index contributed by atoms with van der Waals surface area (Å²) in [6.07, 6.45) is 0. The Morgan fingerprint density at radius 2 is 2.11 bits per heavy atom. The topological polar surface area (TPSA) is 75.4 Å². The number of nitrogens with two attached hydrogens (primary N) is 1. The summed E-state index contributed by atoms with van der Waals surface area (Å²) in [6.45, 7) is 2.10. The van der Waals surface area contributed by atoms with Crippen LogP contribution in [0.3, 0.4) is 0 Å². The number of nitrogen functional groups attached to an aromatic ring is 1. The van der Waals surface area contributed by atoms with E-state index in [1.807, 2.05) is 0 Å². The summed E-state index contributed by atoms with van der Waals surface area (Å²) in [4.78, 5) is 25.1. The van der Waals surface area contributed by atoms with Crippen LogP contribution in [-0.4, -0.2) is 37.4 Å². The van der Waals surface area contributed by atoms with Gasteiger partial charge in [-0.05, 0) is 18.2 Å². The van der Waals surface area contributed by atoms with Crippen molar-refractivity contribution in [3.63, 3.8) is 0 Å². The number of halogens is 1. The third-order valence-electron chi connectivity index (χ3n) is 2.84. The monoisotopic (exact) mass is 283 g/mol. The minimum Gasteiger partial charge on any atom is -0.398 e. The maximum Gasteiger partial charge on any atom is 0.253 e. The van der Waals surface area contributed by atoms with Gasteiger partial charge in [0.1, 0.15) is 0 Å². The lowest BCUT2D eigenvalue weighted by molar-refractivity contribution is -0.124. The SMILES string of the molecule is CNC(=O)C(C)CN(C)C(=O)c1ccc(N)c(Cl)c1. The zero-order chi connectivity index (χ0) is 14.6. The molecule has 0 fully saturated rings. The van der Waals surface area contributed by atoms with E-state index in [4.69, 9.17) is 17.3 Å². The van der Waals surface area contributed by atoms with E-state index in [1.165, 1.54) is 11.0 Å². The predicted octanol–water partition coefficient (Wildman–Crippen LogP) is 1.38. The highest BCUT2D eigenvalue weighted by atomic mass is 35.5. The number of hydrogen-bond acceptors (Lipinski definition) is 3. The number of amides is 2. The smallest absolute Gasteiger partial charge is 0.253 e. The summed E-state index contributed by atoms with van der Waals surface area (Å²) in [5.74, 6) is -0.573. The molecule has 0 aliphatic heterocycles. The van der Waals surface area contributed by atoms with Gasteiger partial charge in [0.25, 0.3) is 5.91 Å². The third kappa shape index (κ3) is 3.86. The standard InChI is InChI=1S/C13H18ClN3O2/c1-8(12(18)16-2)7-17(3)13(19)9-4-5-11(15)10(14)6-9/h4-6,8H,7,15H2,1-3H3,(H,16,18). The number of benzene rings is 1. The number of nitrogens with zero attached hydrogens (tertiary/aromatic N) is 1. The molecule has 1 rings (SSSR count). The molecule has 0 spiro atoms. The van der Waals surface area contributed by atoms with Crippen LogP contribution in [0.15, 0.2) is 18.2 Å². The fourth-order valence-electron chi connectivity index (χ4n) is 1.70. The first-order chi connectivity index (χ1) is 8.86. The van der Waals surface area contributed by atoms with Crippen molar-refractivity contribution < 1.29 is 9.59 Å². The maximum absolute atomic E-state index is 12.1. The van der Waals surface area contributed by atoms with Crippen molar-refractivity contribution >= 4 is 29.1 Å². The minimum atomic E-state index is -0.275. The summed E-state index contributed by atoms with van der Waals surface area (Å²) >= 11 is 5.88. The fourth-order valence-corrected chi connectivity index (χ4v) is 1.88. The van der Waals surface area contributed by atoms with Crippen LogP contribution >= 0.6 is 11.6 Å². The Hall–Kier alpha value is -1.75. The van der Waals surface area contributed by atoms with E-state index < -0.39 is 0 Å². The molecule has 2 amide bonds. The molecule has 0 radical (unpaired) electrons. The van der Waals surface area contributed by atoms with Crippen molar-refractivity contribution in [1.29, 1.82) is 0 Å². The molecule has 0 heterocycles. The highest BCUT2D eigenvalue weighted by Crippen LogP contribution is 2.20. The molecule has 0 saturated heterocycles. The summed E-state index contributed by atoms with van der Waals surface area (Å²) in [5.41, 5.74) is 6.47. The molecule has 0 bridgehead atoms. The van der Waals surface area contributed by atoms with E-state index in [0.717, 1.165) is 0 Å². The maximum atomic E-state index is 12.1. The second kappa shape index (κ2) is 6.43. The number of rotatable bonds is 4. The Morgan fingerprint density at radius 1 is 1.47 bits per heavy atom. The number of carbonyl (C=O) groups excluding carboxylic acids is 2. The Bertz CT molecular complexity index is 491. The number of nitrogens with one attached hydrogen (secondary N) is 1. The summed E-state index contributed by atoms with van der Waals surface area (Å²) in [6, 6.07) is 4.73. The van der Waals surface area contributed by atoms with Gasteiger partial charge in [-0.3, -0.25) is 9.59 Å². The molecule has 104 valence electrons. The van der Waals surface area contributed by atoms with Crippen molar-refractivity contribution in [2.24, 2.45) is 5.92 Å².